The van der Waals surface area contributed by atoms with Gasteiger partial charge in [0.15, 0.2) is 5.79 Å². The van der Waals surface area contributed by atoms with Gasteiger partial charge < -0.3 is 9.47 Å². The van der Waals surface area contributed by atoms with Gasteiger partial charge in [-0.25, -0.2) is 0 Å². The van der Waals surface area contributed by atoms with Crippen LogP contribution < -0.4 is 0 Å². The molecule has 82 valence electrons. The fraction of sp³-hybridized carbons (Fsp3) is 1.00. The van der Waals surface area contributed by atoms with Crippen molar-refractivity contribution in [1.29, 1.82) is 0 Å². The lowest BCUT2D eigenvalue weighted by molar-refractivity contribution is -0.188. The molecule has 2 fully saturated rings. The van der Waals surface area contributed by atoms with Gasteiger partial charge in [-0.1, -0.05) is 20.8 Å². The van der Waals surface area contributed by atoms with E-state index in [1.807, 2.05) is 0 Å². The highest BCUT2D eigenvalue weighted by molar-refractivity contribution is 6.18. The molecule has 3 unspecified atom stereocenters. The Kier molecular flexibility index (Phi) is 2.57. The summed E-state index contributed by atoms with van der Waals surface area (Å²) in [6.45, 7) is 7.42. The van der Waals surface area contributed by atoms with Crippen molar-refractivity contribution in [2.24, 2.45) is 11.3 Å². The summed E-state index contributed by atoms with van der Waals surface area (Å²) in [6.07, 6.45) is 2.25. The average Bonchev–Trinajstić information content (AvgIpc) is 2.56. The van der Waals surface area contributed by atoms with Crippen molar-refractivity contribution >= 4 is 11.6 Å². The summed E-state index contributed by atoms with van der Waals surface area (Å²) < 4.78 is 11.8. The van der Waals surface area contributed by atoms with Crippen LogP contribution in [0.4, 0.5) is 0 Å². The SMILES string of the molecule is CC1CC(C)(C)CC12OCC(CCl)O2. The predicted molar refractivity (Wildman–Crippen MR) is 56.5 cm³/mol. The molecule has 1 spiro atoms. The van der Waals surface area contributed by atoms with Gasteiger partial charge >= 0.3 is 0 Å². The third-order valence-corrected chi connectivity index (χ3v) is 3.73. The zero-order chi connectivity index (χ0) is 10.4. The van der Waals surface area contributed by atoms with Crippen molar-refractivity contribution in [1.82, 2.24) is 0 Å². The first kappa shape index (κ1) is 10.7. The van der Waals surface area contributed by atoms with Crippen LogP contribution >= 0.6 is 11.6 Å². The second-order valence-electron chi connectivity index (χ2n) is 5.46. The summed E-state index contributed by atoms with van der Waals surface area (Å²) in [5.41, 5.74) is 0.334. The zero-order valence-corrected chi connectivity index (χ0v) is 9.93. The van der Waals surface area contributed by atoms with E-state index in [9.17, 15) is 0 Å². The van der Waals surface area contributed by atoms with Gasteiger partial charge in [-0.3, -0.25) is 0 Å². The van der Waals surface area contributed by atoms with Crippen LogP contribution in [0.2, 0.25) is 0 Å². The average molecular weight is 219 g/mol. The molecule has 3 heteroatoms. The monoisotopic (exact) mass is 218 g/mol. The van der Waals surface area contributed by atoms with Crippen LogP contribution in [0.25, 0.3) is 0 Å². The van der Waals surface area contributed by atoms with Crippen LogP contribution in [0.15, 0.2) is 0 Å². The summed E-state index contributed by atoms with van der Waals surface area (Å²) in [6, 6.07) is 0. The normalized spacial score (nSPS) is 46.3. The van der Waals surface area contributed by atoms with Gasteiger partial charge in [0.2, 0.25) is 0 Å². The number of rotatable bonds is 1. The Balaban J connectivity index is 2.11. The Morgan fingerprint density at radius 1 is 1.43 bits per heavy atom. The Morgan fingerprint density at radius 3 is 2.57 bits per heavy atom. The van der Waals surface area contributed by atoms with E-state index in [1.165, 1.54) is 6.42 Å². The second-order valence-corrected chi connectivity index (χ2v) is 5.77. The summed E-state index contributed by atoms with van der Waals surface area (Å²) >= 11 is 5.78. The number of ether oxygens (including phenoxy) is 2. The molecule has 0 radical (unpaired) electrons. The fourth-order valence-electron chi connectivity index (χ4n) is 2.91. The topological polar surface area (TPSA) is 18.5 Å². The van der Waals surface area contributed by atoms with Crippen molar-refractivity contribution in [2.75, 3.05) is 12.5 Å². The lowest BCUT2D eigenvalue weighted by atomic mass is 9.91. The van der Waals surface area contributed by atoms with Gasteiger partial charge in [-0.05, 0) is 11.8 Å². The molecule has 1 saturated carbocycles. The third-order valence-electron chi connectivity index (χ3n) is 3.39. The molecule has 1 heterocycles. The molecular weight excluding hydrogens is 200 g/mol. The highest BCUT2D eigenvalue weighted by atomic mass is 35.5. The molecule has 1 saturated heterocycles. The maximum atomic E-state index is 5.95. The van der Waals surface area contributed by atoms with Gasteiger partial charge in [0.1, 0.15) is 0 Å². The Labute approximate surface area is 90.9 Å². The number of hydrogen-bond acceptors (Lipinski definition) is 2. The van der Waals surface area contributed by atoms with Crippen molar-refractivity contribution in [3.8, 4) is 0 Å². The molecule has 0 bridgehead atoms. The molecule has 2 nitrogen and oxygen atoms in total. The maximum Gasteiger partial charge on any atom is 0.171 e. The van der Waals surface area contributed by atoms with Crippen molar-refractivity contribution < 1.29 is 9.47 Å². The molecule has 2 aliphatic rings. The van der Waals surface area contributed by atoms with E-state index in [0.29, 0.717) is 23.8 Å². The minimum atomic E-state index is -0.330. The van der Waals surface area contributed by atoms with E-state index in [2.05, 4.69) is 20.8 Å². The molecule has 0 aromatic rings. The van der Waals surface area contributed by atoms with E-state index < -0.39 is 0 Å². The molecule has 0 amide bonds. The lowest BCUT2D eigenvalue weighted by Crippen LogP contribution is -2.34. The predicted octanol–water partition coefficient (Wildman–Crippen LogP) is 2.79. The van der Waals surface area contributed by atoms with Gasteiger partial charge in [0.25, 0.3) is 0 Å². The molecular formula is C11H19ClO2. The molecule has 0 aromatic heterocycles. The Morgan fingerprint density at radius 2 is 2.14 bits per heavy atom. The third kappa shape index (κ3) is 1.68. The van der Waals surface area contributed by atoms with E-state index in [4.69, 9.17) is 21.1 Å². The highest BCUT2D eigenvalue weighted by Crippen LogP contribution is 2.52. The minimum absolute atomic E-state index is 0.0908. The molecule has 1 aliphatic carbocycles. The molecule has 3 atom stereocenters. The second kappa shape index (κ2) is 3.36. The highest BCUT2D eigenvalue weighted by Gasteiger charge is 2.54. The quantitative estimate of drug-likeness (QED) is 0.631. The van der Waals surface area contributed by atoms with Crippen LogP contribution in [0.3, 0.4) is 0 Å². The van der Waals surface area contributed by atoms with E-state index >= 15 is 0 Å². The number of halogens is 1. The fourth-order valence-corrected chi connectivity index (χ4v) is 3.06. The van der Waals surface area contributed by atoms with Gasteiger partial charge in [0, 0.05) is 12.3 Å². The molecule has 0 aromatic carbocycles. The van der Waals surface area contributed by atoms with Crippen LogP contribution in [-0.2, 0) is 9.47 Å². The lowest BCUT2D eigenvalue weighted by Gasteiger charge is -2.28. The van der Waals surface area contributed by atoms with E-state index in [1.54, 1.807) is 0 Å². The Bertz CT molecular complexity index is 229. The molecule has 0 N–H and O–H groups in total. The molecule has 2 rings (SSSR count). The summed E-state index contributed by atoms with van der Waals surface area (Å²) in [7, 11) is 0. The Hall–Kier alpha value is 0.210. The van der Waals surface area contributed by atoms with Gasteiger partial charge in [-0.15, -0.1) is 11.6 Å². The first-order chi connectivity index (χ1) is 6.47. The summed E-state index contributed by atoms with van der Waals surface area (Å²) in [5, 5.41) is 0. The van der Waals surface area contributed by atoms with E-state index in [-0.39, 0.29) is 11.9 Å². The first-order valence-corrected chi connectivity index (χ1v) is 5.89. The van der Waals surface area contributed by atoms with E-state index in [0.717, 1.165) is 6.42 Å². The zero-order valence-electron chi connectivity index (χ0n) is 9.18. The first-order valence-electron chi connectivity index (χ1n) is 5.35. The largest absolute Gasteiger partial charge is 0.347 e. The van der Waals surface area contributed by atoms with Crippen LogP contribution in [0.1, 0.15) is 33.6 Å². The summed E-state index contributed by atoms with van der Waals surface area (Å²) in [5.74, 6) is 0.684. The maximum absolute atomic E-state index is 5.95. The van der Waals surface area contributed by atoms with Gasteiger partial charge in [0.05, 0.1) is 18.6 Å². The summed E-state index contributed by atoms with van der Waals surface area (Å²) in [4.78, 5) is 0. The molecule has 14 heavy (non-hydrogen) atoms. The minimum Gasteiger partial charge on any atom is -0.347 e. The standard InChI is InChI=1S/C11H19ClO2/c1-8-4-10(2,3)7-11(8)13-6-9(5-12)14-11/h8-9H,4-7H2,1-3H3. The van der Waals surface area contributed by atoms with Crippen LogP contribution in [-0.4, -0.2) is 24.4 Å². The van der Waals surface area contributed by atoms with Crippen LogP contribution in [0.5, 0.6) is 0 Å². The smallest absolute Gasteiger partial charge is 0.171 e. The number of hydrogen-bond donors (Lipinski definition) is 0. The molecule has 1 aliphatic heterocycles. The van der Waals surface area contributed by atoms with Crippen molar-refractivity contribution in [2.45, 2.75) is 45.5 Å². The van der Waals surface area contributed by atoms with Crippen molar-refractivity contribution in [3.05, 3.63) is 0 Å². The number of alkyl halides is 1. The van der Waals surface area contributed by atoms with Crippen LogP contribution in [0, 0.1) is 11.3 Å². The van der Waals surface area contributed by atoms with Gasteiger partial charge in [-0.2, -0.15) is 0 Å². The van der Waals surface area contributed by atoms with Crippen molar-refractivity contribution in [3.63, 3.8) is 0 Å².